The van der Waals surface area contributed by atoms with E-state index in [0.717, 1.165) is 18.2 Å². The van der Waals surface area contributed by atoms with Crippen molar-refractivity contribution >= 4 is 23.2 Å². The number of aliphatic hydroxyl groups excluding tert-OH is 1. The fourth-order valence-electron chi connectivity index (χ4n) is 3.93. The van der Waals surface area contributed by atoms with Crippen molar-refractivity contribution < 1.29 is 27.5 Å². The van der Waals surface area contributed by atoms with Gasteiger partial charge >= 0.3 is 6.03 Å². The van der Waals surface area contributed by atoms with Crippen LogP contribution >= 0.6 is 0 Å². The lowest BCUT2D eigenvalue weighted by Crippen LogP contribution is -2.33. The molecule has 0 radical (unpaired) electrons. The van der Waals surface area contributed by atoms with Crippen LogP contribution in [0.2, 0.25) is 0 Å². The summed E-state index contributed by atoms with van der Waals surface area (Å²) in [6, 6.07) is 2.06. The van der Waals surface area contributed by atoms with Crippen LogP contribution < -0.4 is 15.5 Å². The van der Waals surface area contributed by atoms with Crippen molar-refractivity contribution in [1.29, 1.82) is 0 Å². The molecule has 3 heterocycles. The normalized spacial score (nSPS) is 24.0. The molecule has 2 aliphatic rings. The number of aliphatic hydroxyl groups is 1. The molecule has 168 valence electrons. The standard InChI is InChI=1S/C20H18F4N6O2/c21-10-1-2-13(22)12(5-10)15-6-11(31)9-29(15)17-3-4-30-18(28-17)14(8-25-30)26-19(32)27-16-7-20(16,23)24/h1-5,8,11,15-16,31H,6-7,9H2,(H2,26,27,32)/t11-,15+,16?/m0/s1. The Balaban J connectivity index is 1.43. The van der Waals surface area contributed by atoms with Gasteiger partial charge in [-0.05, 0) is 30.7 Å². The molecule has 0 bridgehead atoms. The number of β-amino-alcohol motifs (C(OH)–C–C–N with tert-alkyl or cyclic N) is 1. The van der Waals surface area contributed by atoms with E-state index in [4.69, 9.17) is 0 Å². The fourth-order valence-corrected chi connectivity index (χ4v) is 3.93. The number of carbonyl (C=O) groups excluding carboxylic acids is 1. The molecule has 2 fully saturated rings. The third-order valence-corrected chi connectivity index (χ3v) is 5.62. The molecule has 3 N–H and O–H groups in total. The largest absolute Gasteiger partial charge is 0.391 e. The van der Waals surface area contributed by atoms with E-state index in [1.165, 1.54) is 10.7 Å². The third kappa shape index (κ3) is 3.70. The first kappa shape index (κ1) is 20.5. The van der Waals surface area contributed by atoms with Crippen molar-refractivity contribution in [1.82, 2.24) is 19.9 Å². The average Bonchev–Trinajstić information content (AvgIpc) is 3.06. The number of aromatic nitrogens is 3. The zero-order chi connectivity index (χ0) is 22.6. The maximum atomic E-state index is 14.4. The number of alkyl halides is 2. The Morgan fingerprint density at radius 2 is 2.03 bits per heavy atom. The Morgan fingerprint density at radius 3 is 2.78 bits per heavy atom. The summed E-state index contributed by atoms with van der Waals surface area (Å²) in [4.78, 5) is 18.1. The van der Waals surface area contributed by atoms with Crippen LogP contribution in [-0.4, -0.2) is 50.3 Å². The number of fused-ring (bicyclic) bond motifs is 1. The fraction of sp³-hybridized carbons (Fsp3) is 0.350. The van der Waals surface area contributed by atoms with Crippen LogP contribution in [0.15, 0.2) is 36.7 Å². The minimum absolute atomic E-state index is 0.0971. The second-order valence-corrected chi connectivity index (χ2v) is 7.95. The monoisotopic (exact) mass is 450 g/mol. The van der Waals surface area contributed by atoms with Gasteiger partial charge in [-0.15, -0.1) is 0 Å². The molecule has 1 saturated heterocycles. The van der Waals surface area contributed by atoms with Gasteiger partial charge in [0.05, 0.1) is 18.3 Å². The van der Waals surface area contributed by atoms with Gasteiger partial charge in [0.15, 0.2) is 5.65 Å². The Kier molecular flexibility index (Phi) is 4.69. The second-order valence-electron chi connectivity index (χ2n) is 7.95. The SMILES string of the molecule is O=C(Nc1cnn2ccc(N3C[C@@H](O)C[C@@H]3c3cc(F)ccc3F)nc12)NC1CC1(F)F. The molecule has 2 amide bonds. The number of nitrogens with one attached hydrogen (secondary N) is 2. The van der Waals surface area contributed by atoms with Crippen molar-refractivity contribution in [3.63, 3.8) is 0 Å². The zero-order valence-corrected chi connectivity index (χ0v) is 16.5. The lowest BCUT2D eigenvalue weighted by molar-refractivity contribution is 0.108. The van der Waals surface area contributed by atoms with Gasteiger partial charge in [-0.3, -0.25) is 0 Å². The van der Waals surface area contributed by atoms with Crippen LogP contribution in [0.3, 0.4) is 0 Å². The van der Waals surface area contributed by atoms with Crippen molar-refractivity contribution in [3.8, 4) is 0 Å². The van der Waals surface area contributed by atoms with E-state index in [-0.39, 0.29) is 29.9 Å². The summed E-state index contributed by atoms with van der Waals surface area (Å²) < 4.78 is 55.6. The first-order chi connectivity index (χ1) is 15.2. The summed E-state index contributed by atoms with van der Waals surface area (Å²) in [7, 11) is 0. The minimum Gasteiger partial charge on any atom is -0.391 e. The summed E-state index contributed by atoms with van der Waals surface area (Å²) in [6.45, 7) is 0.137. The number of rotatable bonds is 4. The molecule has 1 aliphatic carbocycles. The van der Waals surface area contributed by atoms with E-state index in [0.29, 0.717) is 5.82 Å². The Bertz CT molecular complexity index is 1200. The van der Waals surface area contributed by atoms with Crippen molar-refractivity contribution in [2.45, 2.75) is 37.0 Å². The molecule has 1 unspecified atom stereocenters. The number of hydrogen-bond donors (Lipinski definition) is 3. The molecule has 2 aromatic heterocycles. The summed E-state index contributed by atoms with van der Waals surface area (Å²) >= 11 is 0. The van der Waals surface area contributed by atoms with Gasteiger partial charge in [0.2, 0.25) is 0 Å². The second kappa shape index (κ2) is 7.33. The highest BCUT2D eigenvalue weighted by Gasteiger charge is 2.58. The number of hydrogen-bond acceptors (Lipinski definition) is 5. The Hall–Kier alpha value is -3.41. The summed E-state index contributed by atoms with van der Waals surface area (Å²) in [5.74, 6) is -3.75. The quantitative estimate of drug-likeness (QED) is 0.532. The number of halogens is 4. The molecule has 1 saturated carbocycles. The number of amides is 2. The highest BCUT2D eigenvalue weighted by molar-refractivity contribution is 5.93. The minimum atomic E-state index is -2.90. The summed E-state index contributed by atoms with van der Waals surface area (Å²) in [5.41, 5.74) is 0.501. The highest BCUT2D eigenvalue weighted by atomic mass is 19.3. The van der Waals surface area contributed by atoms with Crippen LogP contribution in [0, 0.1) is 11.6 Å². The first-order valence-corrected chi connectivity index (χ1v) is 9.90. The van der Waals surface area contributed by atoms with Gasteiger partial charge in [0.25, 0.3) is 5.92 Å². The number of anilines is 2. The molecule has 5 rings (SSSR count). The molecule has 1 aliphatic heterocycles. The zero-order valence-electron chi connectivity index (χ0n) is 16.5. The molecular formula is C20H18F4N6O2. The Labute approximate surface area is 178 Å². The molecule has 8 nitrogen and oxygen atoms in total. The highest BCUT2D eigenvalue weighted by Crippen LogP contribution is 2.41. The molecular weight excluding hydrogens is 432 g/mol. The van der Waals surface area contributed by atoms with Crippen molar-refractivity contribution in [2.75, 3.05) is 16.8 Å². The average molecular weight is 450 g/mol. The van der Waals surface area contributed by atoms with Crippen LogP contribution in [0.25, 0.3) is 5.65 Å². The van der Waals surface area contributed by atoms with Gasteiger partial charge in [-0.1, -0.05) is 0 Å². The Morgan fingerprint density at radius 1 is 1.25 bits per heavy atom. The van der Waals surface area contributed by atoms with Gasteiger partial charge in [-0.25, -0.2) is 31.9 Å². The van der Waals surface area contributed by atoms with E-state index < -0.39 is 48.2 Å². The predicted octanol–water partition coefficient (Wildman–Crippen LogP) is 2.85. The molecule has 12 heteroatoms. The van der Waals surface area contributed by atoms with Gasteiger partial charge in [0.1, 0.15) is 29.2 Å². The molecule has 0 spiro atoms. The van der Waals surface area contributed by atoms with Crippen LogP contribution in [0.1, 0.15) is 24.4 Å². The molecule has 3 aromatic rings. The molecule has 1 aromatic carbocycles. The lowest BCUT2D eigenvalue weighted by atomic mass is 10.0. The smallest absolute Gasteiger partial charge is 0.319 e. The number of nitrogens with zero attached hydrogens (tertiary/aromatic N) is 4. The van der Waals surface area contributed by atoms with Crippen LogP contribution in [0.4, 0.5) is 33.9 Å². The van der Waals surface area contributed by atoms with E-state index >= 15 is 0 Å². The van der Waals surface area contributed by atoms with E-state index in [1.54, 1.807) is 17.2 Å². The maximum Gasteiger partial charge on any atom is 0.319 e. The van der Waals surface area contributed by atoms with Crippen molar-refractivity contribution in [3.05, 3.63) is 53.9 Å². The summed E-state index contributed by atoms with van der Waals surface area (Å²) in [5, 5.41) is 18.9. The van der Waals surface area contributed by atoms with E-state index in [2.05, 4.69) is 20.7 Å². The van der Waals surface area contributed by atoms with Gasteiger partial charge in [-0.2, -0.15) is 5.10 Å². The van der Waals surface area contributed by atoms with Crippen molar-refractivity contribution in [2.24, 2.45) is 0 Å². The lowest BCUT2D eigenvalue weighted by Gasteiger charge is -2.26. The number of carbonyl (C=O) groups is 1. The third-order valence-electron chi connectivity index (χ3n) is 5.62. The molecule has 3 atom stereocenters. The van der Waals surface area contributed by atoms with Gasteiger partial charge in [0, 0.05) is 24.7 Å². The number of urea groups is 1. The van der Waals surface area contributed by atoms with Gasteiger partial charge < -0.3 is 20.6 Å². The first-order valence-electron chi connectivity index (χ1n) is 9.90. The van der Waals surface area contributed by atoms with Crippen LogP contribution in [0.5, 0.6) is 0 Å². The summed E-state index contributed by atoms with van der Waals surface area (Å²) in [6.07, 6.45) is 1.86. The predicted molar refractivity (Wildman–Crippen MR) is 106 cm³/mol. The molecule has 32 heavy (non-hydrogen) atoms. The van der Waals surface area contributed by atoms with Crippen LogP contribution in [-0.2, 0) is 0 Å². The van der Waals surface area contributed by atoms with E-state index in [1.807, 2.05) is 0 Å². The number of benzene rings is 1. The topological polar surface area (TPSA) is 94.8 Å². The van der Waals surface area contributed by atoms with E-state index in [9.17, 15) is 27.5 Å². The maximum absolute atomic E-state index is 14.4.